The van der Waals surface area contributed by atoms with E-state index < -0.39 is 26.8 Å². The number of aliphatic imine (C=N–C) groups is 1. The molecule has 0 radical (unpaired) electrons. The van der Waals surface area contributed by atoms with Gasteiger partial charge in [-0.05, 0) is 51.0 Å². The summed E-state index contributed by atoms with van der Waals surface area (Å²) in [5.74, 6) is 0.000560. The van der Waals surface area contributed by atoms with E-state index in [4.69, 9.17) is 4.74 Å². The maximum atomic E-state index is 12.3. The summed E-state index contributed by atoms with van der Waals surface area (Å²) in [6, 6.07) is 5.72. The molecule has 2 N–H and O–H groups in total. The Morgan fingerprint density at radius 1 is 1.29 bits per heavy atom. The average Bonchev–Trinajstić information content (AvgIpc) is 2.58. The molecule has 1 aromatic carbocycles. The standard InChI is InChI=1S/C20H30N2O5S/c1-7-15(4)28(25,26)22-18(12-14(2)3)21-20(5,6)13-27-19(24)16-8-10-17(23)11-9-16/h7-11,14-15,23H,1,12-13H2,2-6H3,(H,21,22). The first-order valence-electron chi connectivity index (χ1n) is 9.05. The third-order valence-corrected chi connectivity index (χ3v) is 5.47. The van der Waals surface area contributed by atoms with Gasteiger partial charge in [-0.3, -0.25) is 9.71 Å². The number of hydrogen-bond acceptors (Lipinski definition) is 6. The molecule has 0 amide bonds. The van der Waals surface area contributed by atoms with Crippen LogP contribution in [0, 0.1) is 5.92 Å². The molecule has 1 rings (SSSR count). The number of phenols is 1. The van der Waals surface area contributed by atoms with Crippen molar-refractivity contribution in [1.29, 1.82) is 0 Å². The van der Waals surface area contributed by atoms with Gasteiger partial charge in [0.25, 0.3) is 0 Å². The smallest absolute Gasteiger partial charge is 0.338 e. The van der Waals surface area contributed by atoms with Crippen molar-refractivity contribution in [2.24, 2.45) is 10.9 Å². The first-order chi connectivity index (χ1) is 12.9. The maximum Gasteiger partial charge on any atom is 0.338 e. The van der Waals surface area contributed by atoms with Gasteiger partial charge >= 0.3 is 5.97 Å². The van der Waals surface area contributed by atoms with Crippen LogP contribution in [-0.2, 0) is 14.8 Å². The number of carbonyl (C=O) groups excluding carboxylic acids is 1. The summed E-state index contributed by atoms with van der Waals surface area (Å²) >= 11 is 0. The minimum Gasteiger partial charge on any atom is -0.508 e. The second kappa shape index (κ2) is 9.73. The van der Waals surface area contributed by atoms with E-state index in [9.17, 15) is 18.3 Å². The Balaban J connectivity index is 2.93. The molecule has 1 aromatic rings. The number of carbonyl (C=O) groups is 1. The Morgan fingerprint density at radius 2 is 1.86 bits per heavy atom. The number of sulfonamides is 1. The average molecular weight is 411 g/mol. The number of hydrogen-bond donors (Lipinski definition) is 2. The molecule has 0 heterocycles. The molecule has 0 bridgehead atoms. The van der Waals surface area contributed by atoms with Crippen molar-refractivity contribution in [1.82, 2.24) is 4.72 Å². The Hall–Kier alpha value is -2.35. The minimum atomic E-state index is -3.64. The second-order valence-corrected chi connectivity index (χ2v) is 9.72. The first-order valence-corrected chi connectivity index (χ1v) is 10.6. The van der Waals surface area contributed by atoms with E-state index in [1.54, 1.807) is 13.8 Å². The number of benzene rings is 1. The largest absolute Gasteiger partial charge is 0.508 e. The maximum absolute atomic E-state index is 12.3. The Labute approximate surface area is 167 Å². The van der Waals surface area contributed by atoms with Crippen molar-refractivity contribution in [3.63, 3.8) is 0 Å². The zero-order valence-electron chi connectivity index (χ0n) is 17.1. The fraction of sp³-hybridized carbons (Fsp3) is 0.500. The molecular formula is C20H30N2O5S. The Kier molecular flexibility index (Phi) is 8.23. The zero-order valence-corrected chi connectivity index (χ0v) is 17.9. The monoisotopic (exact) mass is 410 g/mol. The van der Waals surface area contributed by atoms with Crippen LogP contribution in [0.1, 0.15) is 51.4 Å². The van der Waals surface area contributed by atoms with E-state index in [2.05, 4.69) is 16.3 Å². The van der Waals surface area contributed by atoms with Crippen LogP contribution in [0.5, 0.6) is 5.75 Å². The normalized spacial score (nSPS) is 13.9. The predicted molar refractivity (Wildman–Crippen MR) is 111 cm³/mol. The lowest BCUT2D eigenvalue weighted by Crippen LogP contribution is -2.39. The summed E-state index contributed by atoms with van der Waals surface area (Å²) < 4.78 is 32.6. The van der Waals surface area contributed by atoms with Gasteiger partial charge in [-0.15, -0.1) is 6.58 Å². The highest BCUT2D eigenvalue weighted by Gasteiger charge is 2.25. The molecule has 28 heavy (non-hydrogen) atoms. The van der Waals surface area contributed by atoms with Crippen molar-refractivity contribution in [2.45, 2.75) is 51.8 Å². The van der Waals surface area contributed by atoms with Gasteiger partial charge in [0.2, 0.25) is 10.0 Å². The lowest BCUT2D eigenvalue weighted by Gasteiger charge is -2.23. The molecule has 0 saturated carbocycles. The molecule has 0 spiro atoms. The van der Waals surface area contributed by atoms with Gasteiger partial charge in [-0.25, -0.2) is 13.2 Å². The zero-order chi connectivity index (χ0) is 21.5. The Morgan fingerprint density at radius 3 is 2.36 bits per heavy atom. The predicted octanol–water partition coefficient (Wildman–Crippen LogP) is 3.27. The number of nitrogens with zero attached hydrogens (tertiary/aromatic N) is 1. The van der Waals surface area contributed by atoms with Gasteiger partial charge < -0.3 is 9.84 Å². The third kappa shape index (κ3) is 7.72. The summed E-state index contributed by atoms with van der Waals surface area (Å²) in [6.07, 6.45) is 1.78. The summed E-state index contributed by atoms with van der Waals surface area (Å²) in [5.41, 5.74) is -0.531. The van der Waals surface area contributed by atoms with Gasteiger partial charge in [-0.1, -0.05) is 19.9 Å². The van der Waals surface area contributed by atoms with Gasteiger partial charge in [0.1, 0.15) is 18.2 Å². The molecule has 156 valence electrons. The second-order valence-electron chi connectivity index (χ2n) is 7.68. The molecule has 0 aliphatic rings. The van der Waals surface area contributed by atoms with Crippen LogP contribution in [0.3, 0.4) is 0 Å². The van der Waals surface area contributed by atoms with Crippen molar-refractivity contribution in [3.8, 4) is 5.75 Å². The summed E-state index contributed by atoms with van der Waals surface area (Å²) in [5, 5.41) is 8.52. The number of aromatic hydroxyl groups is 1. The fourth-order valence-corrected chi connectivity index (χ4v) is 3.10. The molecule has 1 unspecified atom stereocenters. The number of rotatable bonds is 9. The topological polar surface area (TPSA) is 105 Å². The lowest BCUT2D eigenvalue weighted by molar-refractivity contribution is 0.0434. The number of nitrogens with one attached hydrogen (secondary N) is 1. The number of esters is 1. The number of phenolic OH excluding ortho intramolecular Hbond substituents is 1. The highest BCUT2D eigenvalue weighted by molar-refractivity contribution is 7.90. The fourth-order valence-electron chi connectivity index (χ4n) is 2.20. The van der Waals surface area contributed by atoms with E-state index in [0.717, 1.165) is 0 Å². The van der Waals surface area contributed by atoms with Gasteiger partial charge in [-0.2, -0.15) is 0 Å². The SMILES string of the molecule is C=CC(C)S(=O)(=O)NC(CC(C)C)=NC(C)(C)COC(=O)c1ccc(O)cc1. The van der Waals surface area contributed by atoms with Crippen LogP contribution in [0.25, 0.3) is 0 Å². The van der Waals surface area contributed by atoms with Crippen LogP contribution in [0.2, 0.25) is 0 Å². The minimum absolute atomic E-state index is 0.0347. The summed E-state index contributed by atoms with van der Waals surface area (Å²) in [6.45, 7) is 12.4. The number of ether oxygens (including phenoxy) is 1. The lowest BCUT2D eigenvalue weighted by atomic mass is 10.1. The molecule has 1 atom stereocenters. The van der Waals surface area contributed by atoms with Crippen LogP contribution >= 0.6 is 0 Å². The molecule has 0 fully saturated rings. The van der Waals surface area contributed by atoms with Crippen LogP contribution in [0.15, 0.2) is 41.9 Å². The molecule has 0 saturated heterocycles. The molecule has 0 aliphatic heterocycles. The van der Waals surface area contributed by atoms with Crippen LogP contribution in [-0.4, -0.2) is 42.7 Å². The van der Waals surface area contributed by atoms with Gasteiger partial charge in [0, 0.05) is 6.42 Å². The van der Waals surface area contributed by atoms with Gasteiger partial charge in [0.05, 0.1) is 16.4 Å². The van der Waals surface area contributed by atoms with Crippen molar-refractivity contribution in [3.05, 3.63) is 42.5 Å². The molecular weight excluding hydrogens is 380 g/mol. The van der Waals surface area contributed by atoms with Crippen molar-refractivity contribution >= 4 is 21.8 Å². The van der Waals surface area contributed by atoms with Crippen molar-refractivity contribution in [2.75, 3.05) is 6.61 Å². The summed E-state index contributed by atoms with van der Waals surface area (Å²) in [4.78, 5) is 16.7. The summed E-state index contributed by atoms with van der Waals surface area (Å²) in [7, 11) is -3.64. The van der Waals surface area contributed by atoms with Crippen molar-refractivity contribution < 1.29 is 23.1 Å². The van der Waals surface area contributed by atoms with E-state index in [0.29, 0.717) is 17.8 Å². The van der Waals surface area contributed by atoms with E-state index >= 15 is 0 Å². The molecule has 8 heteroatoms. The van der Waals surface area contributed by atoms with E-state index in [-0.39, 0.29) is 18.3 Å². The Bertz CT molecular complexity index is 812. The van der Waals surface area contributed by atoms with E-state index in [1.807, 2.05) is 13.8 Å². The van der Waals surface area contributed by atoms with Crippen LogP contribution < -0.4 is 4.72 Å². The van der Waals surface area contributed by atoms with Gasteiger partial charge in [0.15, 0.2) is 0 Å². The van der Waals surface area contributed by atoms with E-state index in [1.165, 1.54) is 37.3 Å². The highest BCUT2D eigenvalue weighted by atomic mass is 32.2. The molecule has 0 aromatic heterocycles. The highest BCUT2D eigenvalue weighted by Crippen LogP contribution is 2.16. The van der Waals surface area contributed by atoms with Crippen LogP contribution in [0.4, 0.5) is 0 Å². The first kappa shape index (κ1) is 23.7. The molecule has 7 nitrogen and oxygen atoms in total. The third-order valence-electron chi connectivity index (χ3n) is 3.78. The molecule has 0 aliphatic carbocycles. The quantitative estimate of drug-likeness (QED) is 0.281. The number of amidine groups is 1.